The minimum Gasteiger partial charge on any atom is -0.332 e. The number of Topliss-reactive ketones (excluding diaryl/α,β-unsaturated/α-hetero) is 1. The molecular formula is C16H11LiO. The normalized spacial score (nSPS) is 10.2. The maximum Gasteiger partial charge on any atom is 1.00 e. The molecule has 0 atom stereocenters. The third-order valence-corrected chi connectivity index (χ3v) is 3.07. The van der Waals surface area contributed by atoms with E-state index in [1.165, 1.54) is 10.8 Å². The number of benzene rings is 3. The zero-order chi connectivity index (χ0) is 11.8. The Labute approximate surface area is 118 Å². The van der Waals surface area contributed by atoms with Crippen molar-refractivity contribution in [3.8, 4) is 0 Å². The number of carbonyl (C=O) groups excluding carboxylic acids is 1. The van der Waals surface area contributed by atoms with E-state index in [1.807, 2.05) is 30.3 Å². The predicted octanol–water partition coefficient (Wildman–Crippen LogP) is 1.01. The molecule has 0 saturated carbocycles. The molecule has 2 heteroatoms. The summed E-state index contributed by atoms with van der Waals surface area (Å²) in [5.74, 6) is -0.139. The van der Waals surface area contributed by atoms with Crippen LogP contribution in [-0.2, 0) is 0 Å². The summed E-state index contributed by atoms with van der Waals surface area (Å²) >= 11 is 0. The van der Waals surface area contributed by atoms with Crippen LogP contribution in [0.1, 0.15) is 10.4 Å². The molecule has 0 saturated heterocycles. The third-order valence-electron chi connectivity index (χ3n) is 3.07. The van der Waals surface area contributed by atoms with Crippen molar-refractivity contribution in [2.75, 3.05) is 0 Å². The van der Waals surface area contributed by atoms with E-state index >= 15 is 0 Å². The van der Waals surface area contributed by atoms with E-state index in [-0.39, 0.29) is 24.6 Å². The quantitative estimate of drug-likeness (QED) is 0.262. The molecule has 0 heterocycles. The first kappa shape index (κ1) is 12.8. The van der Waals surface area contributed by atoms with Crippen molar-refractivity contribution in [3.05, 3.63) is 67.1 Å². The van der Waals surface area contributed by atoms with Gasteiger partial charge in [0.25, 0.3) is 0 Å². The minimum atomic E-state index is -0.139. The summed E-state index contributed by atoms with van der Waals surface area (Å²) in [6, 6.07) is 18.1. The molecule has 0 amide bonds. The Morgan fingerprint density at radius 3 is 2.17 bits per heavy atom. The number of rotatable bonds is 1. The van der Waals surface area contributed by atoms with Gasteiger partial charge in [0.2, 0.25) is 0 Å². The minimum absolute atomic E-state index is 0. The molecule has 0 aliphatic rings. The number of hydrogen-bond donors (Lipinski definition) is 0. The van der Waals surface area contributed by atoms with Crippen molar-refractivity contribution in [2.24, 2.45) is 0 Å². The van der Waals surface area contributed by atoms with Crippen LogP contribution >= 0.6 is 0 Å². The summed E-state index contributed by atoms with van der Waals surface area (Å²) < 4.78 is 0. The summed E-state index contributed by atoms with van der Waals surface area (Å²) in [6.07, 6.45) is 0. The van der Waals surface area contributed by atoms with Crippen molar-refractivity contribution in [1.82, 2.24) is 0 Å². The van der Waals surface area contributed by atoms with Crippen LogP contribution < -0.4 is 18.9 Å². The first-order valence-electron chi connectivity index (χ1n) is 5.53. The second kappa shape index (κ2) is 4.90. The van der Waals surface area contributed by atoms with Crippen molar-refractivity contribution < 1.29 is 23.7 Å². The van der Waals surface area contributed by atoms with Crippen LogP contribution in [-0.4, -0.2) is 5.78 Å². The first-order chi connectivity index (χ1) is 8.25. The van der Waals surface area contributed by atoms with Crippen LogP contribution in [0.3, 0.4) is 0 Å². The molecule has 0 bridgehead atoms. The molecule has 18 heavy (non-hydrogen) atoms. The van der Waals surface area contributed by atoms with Crippen LogP contribution in [0.2, 0.25) is 0 Å². The average molecular weight is 226 g/mol. The van der Waals surface area contributed by atoms with Gasteiger partial charge in [0.05, 0.1) is 0 Å². The van der Waals surface area contributed by atoms with E-state index in [0.29, 0.717) is 5.56 Å². The van der Waals surface area contributed by atoms with Crippen LogP contribution in [0, 0.1) is 6.92 Å². The maximum atomic E-state index is 11.3. The second-order valence-corrected chi connectivity index (χ2v) is 4.15. The van der Waals surface area contributed by atoms with Gasteiger partial charge in [-0.15, -0.1) is 17.7 Å². The monoisotopic (exact) mass is 226 g/mol. The molecule has 0 unspecified atom stereocenters. The first-order valence-corrected chi connectivity index (χ1v) is 5.53. The van der Waals surface area contributed by atoms with Gasteiger partial charge in [0, 0.05) is 5.78 Å². The van der Waals surface area contributed by atoms with Crippen molar-refractivity contribution in [3.63, 3.8) is 0 Å². The zero-order valence-corrected chi connectivity index (χ0v) is 10.3. The Kier molecular flexibility index (Phi) is 3.47. The molecule has 82 valence electrons. The van der Waals surface area contributed by atoms with Gasteiger partial charge in [-0.2, -0.15) is 6.92 Å². The van der Waals surface area contributed by atoms with E-state index in [0.717, 1.165) is 10.8 Å². The molecule has 0 aliphatic carbocycles. The summed E-state index contributed by atoms with van der Waals surface area (Å²) in [4.78, 5) is 11.3. The van der Waals surface area contributed by atoms with E-state index in [4.69, 9.17) is 0 Å². The third kappa shape index (κ3) is 2.04. The Morgan fingerprint density at radius 1 is 0.833 bits per heavy atom. The molecule has 3 aromatic carbocycles. The van der Waals surface area contributed by atoms with Crippen LogP contribution in [0.25, 0.3) is 21.5 Å². The fourth-order valence-electron chi connectivity index (χ4n) is 2.18. The number of carbonyl (C=O) groups is 1. The van der Waals surface area contributed by atoms with Gasteiger partial charge in [-0.3, -0.25) is 0 Å². The topological polar surface area (TPSA) is 17.1 Å². The predicted molar refractivity (Wildman–Crippen MR) is 71.1 cm³/mol. The maximum absolute atomic E-state index is 11.3. The molecular weight excluding hydrogens is 215 g/mol. The molecule has 0 aromatic heterocycles. The summed E-state index contributed by atoms with van der Waals surface area (Å²) in [6.45, 7) is 3.46. The SMILES string of the molecule is [CH2-]C(=O)c1ccc2ccc3ccccc3c2c1.[Li+]. The van der Waals surface area contributed by atoms with Gasteiger partial charge < -0.3 is 4.79 Å². The summed E-state index contributed by atoms with van der Waals surface area (Å²) in [7, 11) is 0. The van der Waals surface area contributed by atoms with Gasteiger partial charge in [-0.1, -0.05) is 42.5 Å². The van der Waals surface area contributed by atoms with Crippen LogP contribution in [0.15, 0.2) is 54.6 Å². The smallest absolute Gasteiger partial charge is 0.332 e. The van der Waals surface area contributed by atoms with Crippen molar-refractivity contribution in [2.45, 2.75) is 0 Å². The van der Waals surface area contributed by atoms with E-state index in [9.17, 15) is 4.79 Å². The van der Waals surface area contributed by atoms with Gasteiger partial charge in [0.1, 0.15) is 0 Å². The van der Waals surface area contributed by atoms with Gasteiger partial charge in [-0.25, -0.2) is 0 Å². The van der Waals surface area contributed by atoms with Crippen LogP contribution in [0.5, 0.6) is 0 Å². The van der Waals surface area contributed by atoms with E-state index < -0.39 is 0 Å². The van der Waals surface area contributed by atoms with Gasteiger partial charge in [-0.05, 0) is 21.5 Å². The van der Waals surface area contributed by atoms with Crippen molar-refractivity contribution >= 4 is 27.3 Å². The molecule has 3 rings (SSSR count). The van der Waals surface area contributed by atoms with Gasteiger partial charge in [0.15, 0.2) is 0 Å². The molecule has 0 aliphatic heterocycles. The summed E-state index contributed by atoms with van der Waals surface area (Å²) in [5.41, 5.74) is 0.661. The number of hydrogen-bond acceptors (Lipinski definition) is 1. The van der Waals surface area contributed by atoms with E-state index in [1.54, 1.807) is 0 Å². The standard InChI is InChI=1S/C16H11O.Li/c1-11(17)14-9-8-13-7-6-12-4-2-3-5-15(12)16(13)10-14;/h2-10H,1H2;/q-1;+1. The zero-order valence-electron chi connectivity index (χ0n) is 10.3. The van der Waals surface area contributed by atoms with Gasteiger partial charge >= 0.3 is 18.9 Å². The Hall–Kier alpha value is -1.68. The van der Waals surface area contributed by atoms with Crippen molar-refractivity contribution in [1.29, 1.82) is 0 Å². The average Bonchev–Trinajstić information content (AvgIpc) is 2.38. The summed E-state index contributed by atoms with van der Waals surface area (Å²) in [5, 5.41) is 4.62. The molecule has 1 nitrogen and oxygen atoms in total. The molecule has 0 N–H and O–H groups in total. The molecule has 0 radical (unpaired) electrons. The Bertz CT molecular complexity index is 731. The van der Waals surface area contributed by atoms with E-state index in [2.05, 4.69) is 31.2 Å². The Morgan fingerprint density at radius 2 is 1.44 bits per heavy atom. The number of fused-ring (bicyclic) bond motifs is 3. The fraction of sp³-hybridized carbons (Fsp3) is 0. The number of ketones is 1. The fourth-order valence-corrected chi connectivity index (χ4v) is 2.18. The molecule has 3 aromatic rings. The Balaban J connectivity index is 0.00000120. The largest absolute Gasteiger partial charge is 1.00 e. The molecule has 0 spiro atoms. The second-order valence-electron chi connectivity index (χ2n) is 4.15. The molecule has 0 fully saturated rings. The van der Waals surface area contributed by atoms with Crippen LogP contribution in [0.4, 0.5) is 0 Å².